The number of nitrogens with two attached hydrogens (primary N) is 1. The second-order valence-corrected chi connectivity index (χ2v) is 5.17. The number of ether oxygens (including phenoxy) is 1. The zero-order valence-corrected chi connectivity index (χ0v) is 12.9. The number of hydrogen-bond donors (Lipinski definition) is 1. The van der Waals surface area contributed by atoms with Crippen LogP contribution in [0.25, 0.3) is 0 Å². The van der Waals surface area contributed by atoms with Crippen LogP contribution in [0.2, 0.25) is 0 Å². The van der Waals surface area contributed by atoms with Gasteiger partial charge in [0.2, 0.25) is 11.7 Å². The average Bonchev–Trinajstić information content (AvgIpc) is 2.93. The molecule has 0 fully saturated rings. The molecule has 0 saturated heterocycles. The first kappa shape index (κ1) is 15.5. The fourth-order valence-electron chi connectivity index (χ4n) is 2.26. The first-order valence-corrected chi connectivity index (χ1v) is 7.43. The molecule has 0 aliphatic heterocycles. The van der Waals surface area contributed by atoms with Crippen LogP contribution in [0, 0.1) is 0 Å². The minimum atomic E-state index is -0.0840. The van der Waals surface area contributed by atoms with E-state index < -0.39 is 0 Å². The van der Waals surface area contributed by atoms with Crippen molar-refractivity contribution >= 4 is 5.69 Å². The number of anilines is 1. The molecule has 1 heterocycles. The Labute approximate surface area is 125 Å². The van der Waals surface area contributed by atoms with E-state index >= 15 is 0 Å². The van der Waals surface area contributed by atoms with Gasteiger partial charge in [-0.2, -0.15) is 4.98 Å². The van der Waals surface area contributed by atoms with Gasteiger partial charge in [0.15, 0.2) is 0 Å². The number of rotatable bonds is 7. The van der Waals surface area contributed by atoms with Crippen LogP contribution in [0.1, 0.15) is 56.5 Å². The van der Waals surface area contributed by atoms with Crippen LogP contribution in [0.5, 0.6) is 0 Å². The number of benzene rings is 1. The molecular weight excluding hydrogens is 266 g/mol. The number of aromatic nitrogens is 2. The van der Waals surface area contributed by atoms with E-state index in [1.54, 1.807) is 0 Å². The van der Waals surface area contributed by atoms with Gasteiger partial charge in [0.25, 0.3) is 0 Å². The standard InChI is InChI=1S/C16H23N3O2/c1-4-14(20-5-2)16-18-15(21-19-16)10-11(3)12-6-8-13(17)9-7-12/h6-9,11,14H,4-5,10,17H2,1-3H3. The summed E-state index contributed by atoms with van der Waals surface area (Å²) in [5.74, 6) is 1.58. The summed E-state index contributed by atoms with van der Waals surface area (Å²) in [6.45, 7) is 6.79. The monoisotopic (exact) mass is 289 g/mol. The molecule has 0 aliphatic carbocycles. The minimum Gasteiger partial charge on any atom is -0.399 e. The maximum atomic E-state index is 5.71. The zero-order chi connectivity index (χ0) is 15.2. The van der Waals surface area contributed by atoms with Crippen LogP contribution in [0.4, 0.5) is 5.69 Å². The highest BCUT2D eigenvalue weighted by molar-refractivity contribution is 5.40. The lowest BCUT2D eigenvalue weighted by atomic mass is 9.98. The highest BCUT2D eigenvalue weighted by Gasteiger charge is 2.18. The third-order valence-electron chi connectivity index (χ3n) is 3.50. The van der Waals surface area contributed by atoms with Crippen LogP contribution >= 0.6 is 0 Å². The molecule has 2 N–H and O–H groups in total. The molecule has 2 unspecified atom stereocenters. The van der Waals surface area contributed by atoms with E-state index in [2.05, 4.69) is 17.1 Å². The highest BCUT2D eigenvalue weighted by atomic mass is 16.5. The van der Waals surface area contributed by atoms with Crippen molar-refractivity contribution in [2.45, 2.75) is 45.6 Å². The lowest BCUT2D eigenvalue weighted by Gasteiger charge is -2.10. The molecule has 2 aromatic rings. The maximum Gasteiger partial charge on any atom is 0.227 e. The summed E-state index contributed by atoms with van der Waals surface area (Å²) < 4.78 is 10.9. The molecule has 2 atom stereocenters. The van der Waals surface area contributed by atoms with Gasteiger partial charge >= 0.3 is 0 Å². The molecule has 1 aromatic heterocycles. The van der Waals surface area contributed by atoms with E-state index in [0.29, 0.717) is 30.7 Å². The third-order valence-corrected chi connectivity index (χ3v) is 3.50. The average molecular weight is 289 g/mol. The summed E-state index contributed by atoms with van der Waals surface area (Å²) in [6, 6.07) is 7.89. The van der Waals surface area contributed by atoms with E-state index in [1.165, 1.54) is 5.56 Å². The Bertz CT molecular complexity index is 551. The van der Waals surface area contributed by atoms with Crippen molar-refractivity contribution in [1.29, 1.82) is 0 Å². The lowest BCUT2D eigenvalue weighted by molar-refractivity contribution is 0.0518. The smallest absolute Gasteiger partial charge is 0.227 e. The molecule has 0 aliphatic rings. The van der Waals surface area contributed by atoms with Gasteiger partial charge < -0.3 is 15.0 Å². The molecule has 0 amide bonds. The summed E-state index contributed by atoms with van der Waals surface area (Å²) in [5.41, 5.74) is 7.69. The topological polar surface area (TPSA) is 74.2 Å². The largest absolute Gasteiger partial charge is 0.399 e. The Balaban J connectivity index is 2.03. The first-order chi connectivity index (χ1) is 10.1. The Kier molecular flexibility index (Phi) is 5.33. The molecule has 0 bridgehead atoms. The summed E-state index contributed by atoms with van der Waals surface area (Å²) >= 11 is 0. The summed E-state index contributed by atoms with van der Waals surface area (Å²) in [7, 11) is 0. The lowest BCUT2D eigenvalue weighted by Crippen LogP contribution is -2.05. The Morgan fingerprint density at radius 3 is 2.57 bits per heavy atom. The van der Waals surface area contributed by atoms with Crippen molar-refractivity contribution < 1.29 is 9.26 Å². The molecule has 0 saturated carbocycles. The van der Waals surface area contributed by atoms with E-state index in [9.17, 15) is 0 Å². The van der Waals surface area contributed by atoms with Gasteiger partial charge in [0.1, 0.15) is 6.10 Å². The van der Waals surface area contributed by atoms with Crippen molar-refractivity contribution in [3.05, 3.63) is 41.5 Å². The number of hydrogen-bond acceptors (Lipinski definition) is 5. The minimum absolute atomic E-state index is 0.0840. The Morgan fingerprint density at radius 1 is 1.24 bits per heavy atom. The summed E-state index contributed by atoms with van der Waals surface area (Å²) in [6.07, 6.45) is 1.46. The number of nitrogens with zero attached hydrogens (tertiary/aromatic N) is 2. The third kappa shape index (κ3) is 4.04. The van der Waals surface area contributed by atoms with E-state index in [-0.39, 0.29) is 6.10 Å². The molecule has 114 valence electrons. The van der Waals surface area contributed by atoms with Crippen molar-refractivity contribution in [3.8, 4) is 0 Å². The van der Waals surface area contributed by atoms with Crippen molar-refractivity contribution in [2.75, 3.05) is 12.3 Å². The van der Waals surface area contributed by atoms with Crippen LogP contribution < -0.4 is 5.73 Å². The van der Waals surface area contributed by atoms with Crippen molar-refractivity contribution in [2.24, 2.45) is 0 Å². The Hall–Kier alpha value is -1.88. The van der Waals surface area contributed by atoms with Crippen LogP contribution in [-0.4, -0.2) is 16.7 Å². The normalized spacial score (nSPS) is 14.0. The molecular formula is C16H23N3O2. The summed E-state index contributed by atoms with van der Waals surface area (Å²) in [4.78, 5) is 4.46. The molecule has 2 rings (SSSR count). The predicted molar refractivity (Wildman–Crippen MR) is 81.9 cm³/mol. The van der Waals surface area contributed by atoms with Crippen molar-refractivity contribution in [3.63, 3.8) is 0 Å². The van der Waals surface area contributed by atoms with Gasteiger partial charge in [-0.1, -0.05) is 31.1 Å². The van der Waals surface area contributed by atoms with E-state index in [1.807, 2.05) is 38.1 Å². The maximum absolute atomic E-state index is 5.71. The second kappa shape index (κ2) is 7.22. The van der Waals surface area contributed by atoms with Gasteiger partial charge in [-0.3, -0.25) is 0 Å². The van der Waals surface area contributed by atoms with E-state index in [4.69, 9.17) is 15.0 Å². The molecule has 0 radical (unpaired) electrons. The highest BCUT2D eigenvalue weighted by Crippen LogP contribution is 2.23. The van der Waals surface area contributed by atoms with Crippen molar-refractivity contribution in [1.82, 2.24) is 10.1 Å². The molecule has 0 spiro atoms. The van der Waals surface area contributed by atoms with Gasteiger partial charge in [-0.15, -0.1) is 0 Å². The fraction of sp³-hybridized carbons (Fsp3) is 0.500. The van der Waals surface area contributed by atoms with Crippen LogP contribution in [0.3, 0.4) is 0 Å². The molecule has 1 aromatic carbocycles. The first-order valence-electron chi connectivity index (χ1n) is 7.43. The van der Waals surface area contributed by atoms with Gasteiger partial charge in [-0.25, -0.2) is 0 Å². The predicted octanol–water partition coefficient (Wildman–Crippen LogP) is 3.49. The van der Waals surface area contributed by atoms with Gasteiger partial charge in [0.05, 0.1) is 0 Å². The summed E-state index contributed by atoms with van der Waals surface area (Å²) in [5, 5.41) is 4.04. The molecule has 5 heteroatoms. The van der Waals surface area contributed by atoms with E-state index in [0.717, 1.165) is 12.1 Å². The second-order valence-electron chi connectivity index (χ2n) is 5.17. The quantitative estimate of drug-likeness (QED) is 0.790. The van der Waals surface area contributed by atoms with Gasteiger partial charge in [0, 0.05) is 18.7 Å². The van der Waals surface area contributed by atoms with Gasteiger partial charge in [-0.05, 0) is 37.0 Å². The zero-order valence-electron chi connectivity index (χ0n) is 12.9. The molecule has 21 heavy (non-hydrogen) atoms. The fourth-order valence-corrected chi connectivity index (χ4v) is 2.26. The Morgan fingerprint density at radius 2 is 1.95 bits per heavy atom. The van der Waals surface area contributed by atoms with Crippen LogP contribution in [0.15, 0.2) is 28.8 Å². The molecule has 5 nitrogen and oxygen atoms in total. The van der Waals surface area contributed by atoms with Crippen LogP contribution in [-0.2, 0) is 11.2 Å². The number of nitrogen functional groups attached to an aromatic ring is 1. The SMILES string of the molecule is CCOC(CC)c1noc(CC(C)c2ccc(N)cc2)n1.